The van der Waals surface area contributed by atoms with Gasteiger partial charge in [0.1, 0.15) is 29.8 Å². The van der Waals surface area contributed by atoms with E-state index in [1.807, 2.05) is 43.3 Å². The van der Waals surface area contributed by atoms with Crippen LogP contribution in [0.5, 0.6) is 11.5 Å². The number of phenolic OH excluding ortho intramolecular Hbond substituents is 2. The Bertz CT molecular complexity index is 936. The quantitative estimate of drug-likeness (QED) is 0.389. The summed E-state index contributed by atoms with van der Waals surface area (Å²) in [5.41, 5.74) is 2.14. The smallest absolute Gasteiger partial charge is 0.342 e. The monoisotopic (exact) mass is 423 g/mol. The van der Waals surface area contributed by atoms with Crippen molar-refractivity contribution in [1.82, 2.24) is 0 Å². The minimum Gasteiger partial charge on any atom is -0.508 e. The number of rotatable bonds is 3. The van der Waals surface area contributed by atoms with Gasteiger partial charge in [-0.1, -0.05) is 47.6 Å². The standard InChI is InChI=1S/C25H29NO5/c1-2-30-26-20-13-9-4-3-5-10-14-23(18-11-7-6-8-12-18)31-25(29)24-19(15-20)16-21(27)17-22(24)28/h5-8,10-12,16-17,23,27-28H,2-4,9,13-15H2,1H3/b10-5+,26-20+. The highest BCUT2D eigenvalue weighted by Crippen LogP contribution is 2.32. The highest BCUT2D eigenvalue weighted by atomic mass is 16.6. The lowest BCUT2D eigenvalue weighted by atomic mass is 9.97. The van der Waals surface area contributed by atoms with E-state index < -0.39 is 12.1 Å². The van der Waals surface area contributed by atoms with Crippen LogP contribution in [-0.4, -0.2) is 28.5 Å². The maximum absolute atomic E-state index is 13.2. The van der Waals surface area contributed by atoms with E-state index in [4.69, 9.17) is 9.57 Å². The molecule has 1 heterocycles. The lowest BCUT2D eigenvalue weighted by molar-refractivity contribution is 0.0299. The van der Waals surface area contributed by atoms with Gasteiger partial charge in [0.25, 0.3) is 0 Å². The molecule has 1 aliphatic rings. The average molecular weight is 424 g/mol. The fourth-order valence-electron chi connectivity index (χ4n) is 3.62. The Morgan fingerprint density at radius 3 is 2.71 bits per heavy atom. The van der Waals surface area contributed by atoms with E-state index in [2.05, 4.69) is 11.2 Å². The van der Waals surface area contributed by atoms with Crippen LogP contribution in [-0.2, 0) is 16.0 Å². The summed E-state index contributed by atoms with van der Waals surface area (Å²) in [6, 6.07) is 12.2. The minimum atomic E-state index is -0.637. The molecule has 2 N–H and O–H groups in total. The molecular formula is C25H29NO5. The van der Waals surface area contributed by atoms with Crippen LogP contribution in [0.4, 0.5) is 0 Å². The third-order valence-electron chi connectivity index (χ3n) is 5.13. The largest absolute Gasteiger partial charge is 0.508 e. The van der Waals surface area contributed by atoms with Crippen LogP contribution in [0.15, 0.2) is 59.8 Å². The van der Waals surface area contributed by atoms with Crippen molar-refractivity contribution in [2.45, 2.75) is 51.6 Å². The van der Waals surface area contributed by atoms with Gasteiger partial charge in [0.15, 0.2) is 0 Å². The first-order chi connectivity index (χ1) is 15.1. The number of fused-ring (bicyclic) bond motifs is 1. The van der Waals surface area contributed by atoms with Crippen LogP contribution in [0, 0.1) is 0 Å². The lowest BCUT2D eigenvalue weighted by Crippen LogP contribution is -2.16. The summed E-state index contributed by atoms with van der Waals surface area (Å²) in [4.78, 5) is 18.4. The number of cyclic esters (lactones) is 1. The Hall–Kier alpha value is -3.28. The topological polar surface area (TPSA) is 88.4 Å². The number of aromatic hydroxyl groups is 2. The van der Waals surface area contributed by atoms with Gasteiger partial charge in [0, 0.05) is 18.9 Å². The molecule has 1 aliphatic heterocycles. The van der Waals surface area contributed by atoms with E-state index in [9.17, 15) is 15.0 Å². The fourth-order valence-corrected chi connectivity index (χ4v) is 3.62. The first-order valence-corrected chi connectivity index (χ1v) is 10.7. The summed E-state index contributed by atoms with van der Waals surface area (Å²) < 4.78 is 5.84. The van der Waals surface area contributed by atoms with Crippen LogP contribution in [0.3, 0.4) is 0 Å². The molecule has 1 atom stereocenters. The second-order valence-corrected chi connectivity index (χ2v) is 7.51. The summed E-state index contributed by atoms with van der Waals surface area (Å²) in [6.07, 6.45) is 8.02. The van der Waals surface area contributed by atoms with Crippen molar-refractivity contribution < 1.29 is 24.6 Å². The van der Waals surface area contributed by atoms with Crippen molar-refractivity contribution >= 4 is 11.7 Å². The molecular weight excluding hydrogens is 394 g/mol. The number of allylic oxidation sites excluding steroid dienone is 1. The van der Waals surface area contributed by atoms with Gasteiger partial charge in [0.2, 0.25) is 0 Å². The molecule has 0 radical (unpaired) electrons. The second kappa shape index (κ2) is 11.2. The van der Waals surface area contributed by atoms with Crippen molar-refractivity contribution in [3.63, 3.8) is 0 Å². The van der Waals surface area contributed by atoms with Gasteiger partial charge in [-0.3, -0.25) is 0 Å². The highest BCUT2D eigenvalue weighted by Gasteiger charge is 2.24. The summed E-state index contributed by atoms with van der Waals surface area (Å²) in [6.45, 7) is 2.29. The normalized spacial score (nSPS) is 20.4. The van der Waals surface area contributed by atoms with Gasteiger partial charge in [-0.05, 0) is 49.8 Å². The molecule has 1 unspecified atom stereocenters. The average Bonchev–Trinajstić information content (AvgIpc) is 2.75. The van der Waals surface area contributed by atoms with Crippen molar-refractivity contribution in [3.8, 4) is 11.5 Å². The minimum absolute atomic E-state index is 0.0453. The molecule has 0 saturated heterocycles. The SMILES string of the molecule is CCO/N=C1\CCCC/C=C/CC(c2ccccc2)OC(=O)c2c(O)cc(O)cc2C1. The van der Waals surface area contributed by atoms with E-state index in [0.717, 1.165) is 36.6 Å². The molecule has 6 nitrogen and oxygen atoms in total. The number of hydrogen-bond donors (Lipinski definition) is 2. The summed E-state index contributed by atoms with van der Waals surface area (Å²) in [7, 11) is 0. The molecule has 0 aromatic heterocycles. The molecule has 164 valence electrons. The molecule has 6 heteroatoms. The second-order valence-electron chi connectivity index (χ2n) is 7.51. The number of esters is 1. The van der Waals surface area contributed by atoms with E-state index in [-0.39, 0.29) is 23.5 Å². The van der Waals surface area contributed by atoms with Crippen LogP contribution < -0.4 is 0 Å². The molecule has 2 aromatic rings. The van der Waals surface area contributed by atoms with Gasteiger partial charge in [-0.25, -0.2) is 4.79 Å². The molecule has 0 fully saturated rings. The molecule has 0 amide bonds. The molecule has 0 bridgehead atoms. The van der Waals surface area contributed by atoms with Gasteiger partial charge >= 0.3 is 5.97 Å². The van der Waals surface area contributed by atoms with Gasteiger partial charge in [-0.15, -0.1) is 0 Å². The van der Waals surface area contributed by atoms with E-state index in [1.54, 1.807) is 0 Å². The third kappa shape index (κ3) is 6.35. The Kier molecular flexibility index (Phi) is 8.10. The van der Waals surface area contributed by atoms with E-state index in [0.29, 0.717) is 25.0 Å². The van der Waals surface area contributed by atoms with E-state index in [1.165, 1.54) is 6.07 Å². The summed E-state index contributed by atoms with van der Waals surface area (Å²) in [5.74, 6) is -1.07. The predicted octanol–water partition coefficient (Wildman–Crippen LogP) is 5.45. The number of benzene rings is 2. The maximum Gasteiger partial charge on any atom is 0.342 e. The van der Waals surface area contributed by atoms with Gasteiger partial charge in [0.05, 0.1) is 5.71 Å². The van der Waals surface area contributed by atoms with Crippen LogP contribution >= 0.6 is 0 Å². The number of ether oxygens (including phenoxy) is 1. The van der Waals surface area contributed by atoms with E-state index >= 15 is 0 Å². The number of oxime groups is 1. The zero-order valence-corrected chi connectivity index (χ0v) is 17.8. The number of nitrogens with zero attached hydrogens (tertiary/aromatic N) is 1. The highest BCUT2D eigenvalue weighted by molar-refractivity contribution is 5.97. The van der Waals surface area contributed by atoms with Crippen molar-refractivity contribution in [3.05, 3.63) is 71.3 Å². The third-order valence-corrected chi connectivity index (χ3v) is 5.13. The fraction of sp³-hybridized carbons (Fsp3) is 0.360. The van der Waals surface area contributed by atoms with Crippen LogP contribution in [0.25, 0.3) is 0 Å². The Morgan fingerprint density at radius 1 is 1.13 bits per heavy atom. The van der Waals surface area contributed by atoms with Crippen molar-refractivity contribution in [1.29, 1.82) is 0 Å². The van der Waals surface area contributed by atoms with Crippen LogP contribution in [0.2, 0.25) is 0 Å². The molecule has 31 heavy (non-hydrogen) atoms. The molecule has 0 aliphatic carbocycles. The van der Waals surface area contributed by atoms with Gasteiger partial charge < -0.3 is 19.8 Å². The Labute approximate surface area is 182 Å². The maximum atomic E-state index is 13.2. The Morgan fingerprint density at radius 2 is 1.94 bits per heavy atom. The Balaban J connectivity index is 2.00. The van der Waals surface area contributed by atoms with Crippen LogP contribution in [0.1, 0.15) is 66.6 Å². The lowest BCUT2D eigenvalue weighted by Gasteiger charge is -2.19. The molecule has 0 spiro atoms. The number of carbonyl (C=O) groups excluding carboxylic acids is 1. The first kappa shape index (κ1) is 22.4. The zero-order valence-electron chi connectivity index (χ0n) is 17.8. The molecule has 3 rings (SSSR count). The van der Waals surface area contributed by atoms with Crippen molar-refractivity contribution in [2.24, 2.45) is 5.16 Å². The first-order valence-electron chi connectivity index (χ1n) is 10.7. The number of carbonyl (C=O) groups is 1. The van der Waals surface area contributed by atoms with Crippen molar-refractivity contribution in [2.75, 3.05) is 6.61 Å². The van der Waals surface area contributed by atoms with Gasteiger partial charge in [-0.2, -0.15) is 0 Å². The number of hydrogen-bond acceptors (Lipinski definition) is 6. The summed E-state index contributed by atoms with van der Waals surface area (Å²) in [5, 5.41) is 24.7. The molecule has 0 saturated carbocycles. The molecule has 2 aromatic carbocycles. The summed E-state index contributed by atoms with van der Waals surface area (Å²) >= 11 is 0. The zero-order chi connectivity index (χ0) is 22.1. The number of phenols is 2. The predicted molar refractivity (Wildman–Crippen MR) is 119 cm³/mol.